The Balaban J connectivity index is 1.85. The van der Waals surface area contributed by atoms with Crippen molar-refractivity contribution in [3.8, 4) is 0 Å². The molecule has 1 fully saturated rings. The van der Waals surface area contributed by atoms with Gasteiger partial charge in [-0.1, -0.05) is 18.6 Å². The molecule has 0 aromatic heterocycles. The van der Waals surface area contributed by atoms with Crippen LogP contribution in [0.2, 0.25) is 0 Å². The van der Waals surface area contributed by atoms with Gasteiger partial charge in [-0.25, -0.2) is 4.79 Å². The molecular formula is C15H22N4O2. The van der Waals surface area contributed by atoms with Crippen molar-refractivity contribution in [1.82, 2.24) is 5.32 Å². The monoisotopic (exact) mass is 290 g/mol. The summed E-state index contributed by atoms with van der Waals surface area (Å²) < 4.78 is 0. The van der Waals surface area contributed by atoms with Gasteiger partial charge in [0.1, 0.15) is 0 Å². The summed E-state index contributed by atoms with van der Waals surface area (Å²) >= 11 is 0. The van der Waals surface area contributed by atoms with Gasteiger partial charge in [0, 0.05) is 18.2 Å². The van der Waals surface area contributed by atoms with E-state index in [9.17, 15) is 9.59 Å². The lowest BCUT2D eigenvalue weighted by atomic mass is 9.95. The molecule has 1 aromatic rings. The summed E-state index contributed by atoms with van der Waals surface area (Å²) in [4.78, 5) is 22.9. The van der Waals surface area contributed by atoms with E-state index in [1.165, 1.54) is 0 Å². The second kappa shape index (κ2) is 7.08. The first-order chi connectivity index (χ1) is 10.1. The van der Waals surface area contributed by atoms with E-state index in [0.717, 1.165) is 24.8 Å². The molecule has 0 radical (unpaired) electrons. The highest BCUT2D eigenvalue weighted by molar-refractivity contribution is 5.87. The molecule has 0 unspecified atom stereocenters. The minimum atomic E-state index is -0.592. The number of nitrogens with one attached hydrogen (secondary N) is 2. The first kappa shape index (κ1) is 15.3. The van der Waals surface area contributed by atoms with Gasteiger partial charge >= 0.3 is 6.03 Å². The van der Waals surface area contributed by atoms with Crippen LogP contribution < -0.4 is 22.1 Å². The lowest BCUT2D eigenvalue weighted by Gasteiger charge is -2.17. The second-order valence-corrected chi connectivity index (χ2v) is 5.44. The summed E-state index contributed by atoms with van der Waals surface area (Å²) in [5.74, 6) is 0.445. The number of anilines is 1. The number of urea groups is 1. The van der Waals surface area contributed by atoms with Gasteiger partial charge in [-0.2, -0.15) is 0 Å². The summed E-state index contributed by atoms with van der Waals surface area (Å²) in [5, 5.41) is 5.45. The average molecular weight is 290 g/mol. The second-order valence-electron chi connectivity index (χ2n) is 5.44. The Labute approximate surface area is 124 Å². The highest BCUT2D eigenvalue weighted by Crippen LogP contribution is 2.30. The average Bonchev–Trinajstić information content (AvgIpc) is 2.94. The van der Waals surface area contributed by atoms with Crippen molar-refractivity contribution < 1.29 is 9.59 Å². The smallest absolute Gasteiger partial charge is 0.316 e. The molecule has 114 valence electrons. The summed E-state index contributed by atoms with van der Waals surface area (Å²) in [6.07, 6.45) is 3.05. The van der Waals surface area contributed by atoms with Gasteiger partial charge in [0.25, 0.3) is 0 Å². The fourth-order valence-corrected chi connectivity index (χ4v) is 2.83. The minimum Gasteiger partial charge on any atom is -0.352 e. The van der Waals surface area contributed by atoms with Gasteiger partial charge in [0.2, 0.25) is 5.91 Å². The fraction of sp³-hybridized carbons (Fsp3) is 0.467. The van der Waals surface area contributed by atoms with Crippen LogP contribution in [-0.2, 0) is 11.3 Å². The van der Waals surface area contributed by atoms with Crippen LogP contribution in [0.3, 0.4) is 0 Å². The molecule has 0 heterocycles. The van der Waals surface area contributed by atoms with Crippen LogP contribution in [-0.4, -0.2) is 18.5 Å². The van der Waals surface area contributed by atoms with Crippen LogP contribution in [0.5, 0.6) is 0 Å². The van der Waals surface area contributed by atoms with E-state index >= 15 is 0 Å². The molecule has 1 saturated carbocycles. The number of carbonyl (C=O) groups excluding carboxylic acids is 2. The topological polar surface area (TPSA) is 110 Å². The van der Waals surface area contributed by atoms with Gasteiger partial charge in [-0.05, 0) is 43.0 Å². The van der Waals surface area contributed by atoms with E-state index in [-0.39, 0.29) is 11.8 Å². The van der Waals surface area contributed by atoms with Crippen molar-refractivity contribution >= 4 is 17.6 Å². The molecular weight excluding hydrogens is 268 g/mol. The summed E-state index contributed by atoms with van der Waals surface area (Å²) in [6.45, 7) is 1.05. The summed E-state index contributed by atoms with van der Waals surface area (Å²) in [7, 11) is 0. The normalized spacial score (nSPS) is 21.0. The van der Waals surface area contributed by atoms with E-state index in [2.05, 4.69) is 10.6 Å². The third-order valence-electron chi connectivity index (χ3n) is 3.99. The van der Waals surface area contributed by atoms with E-state index in [1.807, 2.05) is 12.1 Å². The maximum Gasteiger partial charge on any atom is 0.316 e. The number of carbonyl (C=O) groups is 2. The van der Waals surface area contributed by atoms with Crippen LogP contribution in [0.15, 0.2) is 24.3 Å². The van der Waals surface area contributed by atoms with Crippen LogP contribution >= 0.6 is 0 Å². The molecule has 0 bridgehead atoms. The zero-order valence-corrected chi connectivity index (χ0v) is 12.0. The van der Waals surface area contributed by atoms with Gasteiger partial charge < -0.3 is 22.1 Å². The number of primary amides is 1. The number of rotatable bonds is 5. The molecule has 6 heteroatoms. The highest BCUT2D eigenvalue weighted by Gasteiger charge is 2.31. The summed E-state index contributed by atoms with van der Waals surface area (Å²) in [6, 6.07) is 6.61. The van der Waals surface area contributed by atoms with Crippen molar-refractivity contribution in [1.29, 1.82) is 0 Å². The number of hydrogen-bond acceptors (Lipinski definition) is 3. The fourth-order valence-electron chi connectivity index (χ4n) is 2.83. The quantitative estimate of drug-likeness (QED) is 0.653. The largest absolute Gasteiger partial charge is 0.352 e. The van der Waals surface area contributed by atoms with Gasteiger partial charge in [0.05, 0.1) is 0 Å². The Hall–Kier alpha value is -2.08. The molecule has 3 amide bonds. The zero-order chi connectivity index (χ0) is 15.2. The SMILES string of the molecule is NC[C@H]1CCC[C@H]1C(=O)NCc1ccc(NC(N)=O)cc1. The predicted molar refractivity (Wildman–Crippen MR) is 81.4 cm³/mol. The standard InChI is InChI=1S/C15H22N4O2/c16-8-11-2-1-3-13(11)14(20)18-9-10-4-6-12(7-5-10)19-15(17)21/h4-7,11,13H,1-3,8-9,16H2,(H,18,20)(H3,17,19,21)/t11-,13-/m1/s1. The summed E-state index contributed by atoms with van der Waals surface area (Å²) in [5.41, 5.74) is 12.3. The molecule has 0 spiro atoms. The lowest BCUT2D eigenvalue weighted by molar-refractivity contribution is -0.126. The molecule has 0 aliphatic heterocycles. The van der Waals surface area contributed by atoms with Crippen molar-refractivity contribution in [3.63, 3.8) is 0 Å². The van der Waals surface area contributed by atoms with Crippen LogP contribution in [0.25, 0.3) is 0 Å². The third kappa shape index (κ3) is 4.19. The van der Waals surface area contributed by atoms with E-state index in [0.29, 0.717) is 24.7 Å². The molecule has 6 N–H and O–H groups in total. The Morgan fingerprint density at radius 1 is 1.19 bits per heavy atom. The van der Waals surface area contributed by atoms with Crippen molar-refractivity contribution in [2.75, 3.05) is 11.9 Å². The Kier molecular flexibility index (Phi) is 5.16. The highest BCUT2D eigenvalue weighted by atomic mass is 16.2. The number of amides is 3. The van der Waals surface area contributed by atoms with Crippen molar-refractivity contribution in [2.24, 2.45) is 23.3 Å². The van der Waals surface area contributed by atoms with Crippen molar-refractivity contribution in [3.05, 3.63) is 29.8 Å². The molecule has 2 atom stereocenters. The Bertz CT molecular complexity index is 501. The van der Waals surface area contributed by atoms with Gasteiger partial charge in [-0.15, -0.1) is 0 Å². The number of nitrogens with two attached hydrogens (primary N) is 2. The van der Waals surface area contributed by atoms with Crippen LogP contribution in [0.4, 0.5) is 10.5 Å². The van der Waals surface area contributed by atoms with Gasteiger partial charge in [-0.3, -0.25) is 4.79 Å². The van der Waals surface area contributed by atoms with Gasteiger partial charge in [0.15, 0.2) is 0 Å². The van der Waals surface area contributed by atoms with Crippen LogP contribution in [0, 0.1) is 11.8 Å². The molecule has 0 saturated heterocycles. The first-order valence-corrected chi connectivity index (χ1v) is 7.23. The van der Waals surface area contributed by atoms with Crippen LogP contribution in [0.1, 0.15) is 24.8 Å². The molecule has 1 aliphatic carbocycles. The van der Waals surface area contributed by atoms with Crippen molar-refractivity contribution in [2.45, 2.75) is 25.8 Å². The molecule has 1 aliphatic rings. The maximum atomic E-state index is 12.2. The number of benzene rings is 1. The maximum absolute atomic E-state index is 12.2. The lowest BCUT2D eigenvalue weighted by Crippen LogP contribution is -2.34. The van der Waals surface area contributed by atoms with E-state index in [4.69, 9.17) is 11.5 Å². The molecule has 2 rings (SSSR count). The Morgan fingerprint density at radius 3 is 2.52 bits per heavy atom. The molecule has 21 heavy (non-hydrogen) atoms. The first-order valence-electron chi connectivity index (χ1n) is 7.23. The Morgan fingerprint density at radius 2 is 1.90 bits per heavy atom. The van der Waals surface area contributed by atoms with E-state index < -0.39 is 6.03 Å². The zero-order valence-electron chi connectivity index (χ0n) is 12.0. The third-order valence-corrected chi connectivity index (χ3v) is 3.99. The minimum absolute atomic E-state index is 0.0470. The predicted octanol–water partition coefficient (Wildman–Crippen LogP) is 1.17. The van der Waals surface area contributed by atoms with E-state index in [1.54, 1.807) is 12.1 Å². The molecule has 1 aromatic carbocycles. The molecule has 6 nitrogen and oxygen atoms in total. The number of hydrogen-bond donors (Lipinski definition) is 4.